The molecule has 0 atom stereocenters. The molecule has 0 saturated carbocycles. The second-order valence-electron chi connectivity index (χ2n) is 15.7. The third kappa shape index (κ3) is 5.90. The molecule has 0 amide bonds. The third-order valence-corrected chi connectivity index (χ3v) is 12.2. The lowest BCUT2D eigenvalue weighted by molar-refractivity contribution is 0.670. The Kier molecular flexibility index (Phi) is 8.17. The minimum atomic E-state index is 0.916. The summed E-state index contributed by atoms with van der Waals surface area (Å²) in [5.74, 6) is 0. The first-order chi connectivity index (χ1) is 30.2. The smallest absolute Gasteiger partial charge is 0.143 e. The summed E-state index contributed by atoms with van der Waals surface area (Å²) in [7, 11) is 0. The fraction of sp³-hybridized carbons (Fsp3) is 0. The summed E-state index contributed by atoms with van der Waals surface area (Å²) in [5.41, 5.74) is 15.7. The Balaban J connectivity index is 0.862. The van der Waals surface area contributed by atoms with E-state index in [0.717, 1.165) is 55.8 Å². The highest BCUT2D eigenvalue weighted by Crippen LogP contribution is 2.41. The van der Waals surface area contributed by atoms with Crippen LogP contribution in [0.5, 0.6) is 0 Å². The lowest BCUT2D eigenvalue weighted by Gasteiger charge is -2.27. The minimum absolute atomic E-state index is 0.916. The maximum Gasteiger partial charge on any atom is 0.143 e. The Hall–Kier alpha value is -8.14. The van der Waals surface area contributed by atoms with Gasteiger partial charge in [0.1, 0.15) is 11.2 Å². The zero-order chi connectivity index (χ0) is 40.3. The Bertz CT molecular complexity index is 3560. The van der Waals surface area contributed by atoms with Gasteiger partial charge in [0.25, 0.3) is 0 Å². The van der Waals surface area contributed by atoms with E-state index in [-0.39, 0.29) is 0 Å². The van der Waals surface area contributed by atoms with Crippen molar-refractivity contribution in [2.45, 2.75) is 0 Å². The molecule has 0 spiro atoms. The first-order valence-corrected chi connectivity index (χ1v) is 20.8. The van der Waals surface area contributed by atoms with Crippen molar-refractivity contribution in [3.63, 3.8) is 0 Å². The number of hydrogen-bond acceptors (Lipinski definition) is 2. The number of nitrogens with zero attached hydrogens (tertiary/aromatic N) is 2. The molecule has 61 heavy (non-hydrogen) atoms. The molecule has 0 radical (unpaired) electrons. The summed E-state index contributed by atoms with van der Waals surface area (Å²) in [6.45, 7) is 0. The van der Waals surface area contributed by atoms with Gasteiger partial charge in [0.2, 0.25) is 0 Å². The van der Waals surface area contributed by atoms with Crippen LogP contribution in [0.4, 0.5) is 17.1 Å². The van der Waals surface area contributed by atoms with Gasteiger partial charge in [-0.2, -0.15) is 0 Å². The summed E-state index contributed by atoms with van der Waals surface area (Å²) >= 11 is 0. The molecule has 2 heterocycles. The van der Waals surface area contributed by atoms with E-state index in [0.29, 0.717) is 0 Å². The summed E-state index contributed by atoms with van der Waals surface area (Å²) in [4.78, 5) is 2.35. The van der Waals surface area contributed by atoms with Gasteiger partial charge < -0.3 is 13.9 Å². The molecule has 0 aliphatic heterocycles. The molecule has 12 rings (SSSR count). The number of anilines is 3. The molecule has 0 unspecified atom stereocenters. The topological polar surface area (TPSA) is 21.3 Å². The second-order valence-corrected chi connectivity index (χ2v) is 15.7. The van der Waals surface area contributed by atoms with Gasteiger partial charge in [-0.1, -0.05) is 164 Å². The molecule has 3 nitrogen and oxygen atoms in total. The van der Waals surface area contributed by atoms with E-state index >= 15 is 0 Å². The minimum Gasteiger partial charge on any atom is -0.455 e. The van der Waals surface area contributed by atoms with Crippen molar-refractivity contribution in [3.05, 3.63) is 231 Å². The molecular formula is C58H38N2O. The van der Waals surface area contributed by atoms with Gasteiger partial charge in [0.15, 0.2) is 0 Å². The van der Waals surface area contributed by atoms with Crippen LogP contribution < -0.4 is 4.90 Å². The summed E-state index contributed by atoms with van der Waals surface area (Å²) in [5, 5.41) is 7.21. The van der Waals surface area contributed by atoms with Crippen LogP contribution in [0.2, 0.25) is 0 Å². The summed E-state index contributed by atoms with van der Waals surface area (Å²) in [6.07, 6.45) is 0. The molecule has 10 aromatic carbocycles. The average Bonchev–Trinajstić information content (AvgIpc) is 3.88. The fourth-order valence-electron chi connectivity index (χ4n) is 9.26. The number of benzene rings is 10. The van der Waals surface area contributed by atoms with E-state index in [4.69, 9.17) is 4.42 Å². The second kappa shape index (κ2) is 14.3. The van der Waals surface area contributed by atoms with Crippen molar-refractivity contribution in [3.8, 4) is 39.1 Å². The fourth-order valence-corrected chi connectivity index (χ4v) is 9.26. The number of para-hydroxylation sites is 4. The molecule has 12 aromatic rings. The largest absolute Gasteiger partial charge is 0.455 e. The van der Waals surface area contributed by atoms with Gasteiger partial charge in [-0.15, -0.1) is 0 Å². The van der Waals surface area contributed by atoms with Crippen LogP contribution in [0, 0.1) is 0 Å². The summed E-state index contributed by atoms with van der Waals surface area (Å²) in [6, 6.07) is 82.8. The first kappa shape index (κ1) is 34.9. The van der Waals surface area contributed by atoms with Crippen LogP contribution in [-0.4, -0.2) is 4.57 Å². The highest BCUT2D eigenvalue weighted by molar-refractivity contribution is 6.11. The quantitative estimate of drug-likeness (QED) is 0.161. The lowest BCUT2D eigenvalue weighted by Crippen LogP contribution is -2.10. The normalized spacial score (nSPS) is 11.6. The van der Waals surface area contributed by atoms with Gasteiger partial charge in [-0.25, -0.2) is 0 Å². The van der Waals surface area contributed by atoms with Gasteiger partial charge in [0.05, 0.1) is 16.7 Å². The average molecular weight is 779 g/mol. The SMILES string of the molecule is c1ccc(N(c2ccc(-c3ccc(-n4c5ccccc5c5cc(-c6ccc(-c7cccc8c7oc7ccccc78)cc6)ccc54)cc3)cc2)c2cccc3ccccc23)cc1. The third-order valence-electron chi connectivity index (χ3n) is 12.2. The van der Waals surface area contributed by atoms with Gasteiger partial charge in [0, 0.05) is 49.6 Å². The van der Waals surface area contributed by atoms with Crippen LogP contribution in [-0.2, 0) is 0 Å². The Morgan fingerprint density at radius 1 is 0.344 bits per heavy atom. The Morgan fingerprint density at radius 3 is 1.72 bits per heavy atom. The van der Waals surface area contributed by atoms with E-state index < -0.39 is 0 Å². The highest BCUT2D eigenvalue weighted by Gasteiger charge is 2.17. The van der Waals surface area contributed by atoms with Gasteiger partial charge in [-0.05, 0) is 99.9 Å². The molecule has 0 bridgehead atoms. The van der Waals surface area contributed by atoms with E-state index in [1.54, 1.807) is 0 Å². The molecule has 0 aliphatic carbocycles. The number of fused-ring (bicyclic) bond motifs is 7. The lowest BCUT2D eigenvalue weighted by atomic mass is 9.98. The van der Waals surface area contributed by atoms with Gasteiger partial charge in [-0.3, -0.25) is 0 Å². The predicted molar refractivity (Wildman–Crippen MR) is 257 cm³/mol. The van der Waals surface area contributed by atoms with Crippen molar-refractivity contribution < 1.29 is 4.42 Å². The van der Waals surface area contributed by atoms with E-state index in [9.17, 15) is 0 Å². The maximum absolute atomic E-state index is 6.36. The molecular weight excluding hydrogens is 741 g/mol. The molecule has 0 aliphatic rings. The van der Waals surface area contributed by atoms with Crippen molar-refractivity contribution in [1.82, 2.24) is 4.57 Å². The molecule has 3 heteroatoms. The monoisotopic (exact) mass is 778 g/mol. The van der Waals surface area contributed by atoms with Crippen LogP contribution in [0.25, 0.3) is 93.6 Å². The molecule has 0 saturated heterocycles. The number of aromatic nitrogens is 1. The predicted octanol–water partition coefficient (Wildman–Crippen LogP) is 16.3. The van der Waals surface area contributed by atoms with E-state index in [2.05, 4.69) is 228 Å². The zero-order valence-electron chi connectivity index (χ0n) is 33.2. The summed E-state index contributed by atoms with van der Waals surface area (Å²) < 4.78 is 8.75. The maximum atomic E-state index is 6.36. The van der Waals surface area contributed by atoms with Crippen molar-refractivity contribution in [2.75, 3.05) is 4.90 Å². The highest BCUT2D eigenvalue weighted by atomic mass is 16.3. The molecule has 0 N–H and O–H groups in total. The number of hydrogen-bond donors (Lipinski definition) is 0. The number of rotatable bonds is 7. The van der Waals surface area contributed by atoms with Crippen molar-refractivity contribution in [2.24, 2.45) is 0 Å². The van der Waals surface area contributed by atoms with E-state index in [1.807, 2.05) is 12.1 Å². The standard InChI is InChI=1S/C58H38N2O/c1-2-14-45(15-3-1)59(54-22-10-13-42-12-4-5-16-48(42)54)46-33-28-39(29-34-46)40-30-35-47(36-31-40)60-55-21-8-6-17-50(55)53-38-44(32-37-56(53)60)41-24-26-43(27-25-41)49-19-11-20-52-51-18-7-9-23-57(51)61-58(49)52/h1-38H. The van der Waals surface area contributed by atoms with Crippen molar-refractivity contribution in [1.29, 1.82) is 0 Å². The zero-order valence-corrected chi connectivity index (χ0v) is 33.2. The number of furan rings is 1. The van der Waals surface area contributed by atoms with Crippen LogP contribution in [0.1, 0.15) is 0 Å². The first-order valence-electron chi connectivity index (χ1n) is 20.8. The Labute approximate surface area is 353 Å². The molecule has 2 aromatic heterocycles. The van der Waals surface area contributed by atoms with Crippen molar-refractivity contribution >= 4 is 71.6 Å². The van der Waals surface area contributed by atoms with Crippen LogP contribution in [0.15, 0.2) is 235 Å². The molecule has 286 valence electrons. The van der Waals surface area contributed by atoms with E-state index in [1.165, 1.54) is 54.8 Å². The van der Waals surface area contributed by atoms with Crippen LogP contribution in [0.3, 0.4) is 0 Å². The Morgan fingerprint density at radius 2 is 0.902 bits per heavy atom. The van der Waals surface area contributed by atoms with Gasteiger partial charge >= 0.3 is 0 Å². The van der Waals surface area contributed by atoms with Crippen LogP contribution >= 0.6 is 0 Å². The molecule has 0 fully saturated rings.